The molecule has 0 saturated carbocycles. The van der Waals surface area contributed by atoms with Crippen molar-refractivity contribution in [3.8, 4) is 22.4 Å². The van der Waals surface area contributed by atoms with Crippen LogP contribution in [0.3, 0.4) is 0 Å². The van der Waals surface area contributed by atoms with E-state index in [2.05, 4.69) is 63.0 Å². The fourth-order valence-electron chi connectivity index (χ4n) is 4.35. The molecule has 0 bridgehead atoms. The number of pyridine rings is 1. The molecule has 7 nitrogen and oxygen atoms in total. The van der Waals surface area contributed by atoms with E-state index >= 15 is 0 Å². The highest BCUT2D eigenvalue weighted by molar-refractivity contribution is 6.07. The first kappa shape index (κ1) is 20.2. The first-order valence-corrected chi connectivity index (χ1v) is 10.8. The van der Waals surface area contributed by atoms with Gasteiger partial charge in [0.25, 0.3) is 0 Å². The van der Waals surface area contributed by atoms with Crippen molar-refractivity contribution in [3.05, 3.63) is 60.4 Å². The van der Waals surface area contributed by atoms with Crippen molar-refractivity contribution < 1.29 is 0 Å². The number of benzene rings is 2. The fourth-order valence-corrected chi connectivity index (χ4v) is 4.35. The molecular weight excluding hydrogens is 398 g/mol. The lowest BCUT2D eigenvalue weighted by Gasteiger charge is -2.34. The molecule has 5 rings (SSSR count). The molecule has 7 heteroatoms. The second-order valence-corrected chi connectivity index (χ2v) is 8.38. The van der Waals surface area contributed by atoms with Gasteiger partial charge in [0.1, 0.15) is 0 Å². The summed E-state index contributed by atoms with van der Waals surface area (Å²) in [5.74, 6) is 0.226. The first-order valence-electron chi connectivity index (χ1n) is 10.8. The number of aromatic nitrogens is 3. The van der Waals surface area contributed by atoms with Crippen molar-refractivity contribution in [2.24, 2.45) is 0 Å². The maximum atomic E-state index is 6.44. The molecule has 0 radical (unpaired) electrons. The average molecular weight is 426 g/mol. The van der Waals surface area contributed by atoms with E-state index in [0.29, 0.717) is 5.69 Å². The van der Waals surface area contributed by atoms with Crippen LogP contribution in [-0.4, -0.2) is 53.1 Å². The molecule has 2 aromatic heterocycles. The van der Waals surface area contributed by atoms with Gasteiger partial charge in [0.05, 0.1) is 16.6 Å². The van der Waals surface area contributed by atoms with Gasteiger partial charge >= 0.3 is 0 Å². The Bertz CT molecular complexity index is 1280. The molecule has 1 fully saturated rings. The van der Waals surface area contributed by atoms with Crippen LogP contribution in [0.2, 0.25) is 0 Å². The van der Waals surface area contributed by atoms with E-state index in [1.165, 1.54) is 5.69 Å². The molecule has 4 aromatic rings. The van der Waals surface area contributed by atoms with Crippen molar-refractivity contribution in [2.45, 2.75) is 6.92 Å². The van der Waals surface area contributed by atoms with Crippen molar-refractivity contribution in [1.82, 2.24) is 19.9 Å². The maximum Gasteiger partial charge on any atom is 0.221 e. The molecule has 0 spiro atoms. The molecule has 0 amide bonds. The number of rotatable bonds is 3. The lowest BCUT2D eigenvalue weighted by molar-refractivity contribution is 0.313. The Balaban J connectivity index is 1.62. The Morgan fingerprint density at radius 3 is 2.31 bits per heavy atom. The van der Waals surface area contributed by atoms with Crippen LogP contribution in [0.1, 0.15) is 5.56 Å². The minimum Gasteiger partial charge on any atom is -0.398 e. The highest BCUT2D eigenvalue weighted by Crippen LogP contribution is 2.38. The van der Waals surface area contributed by atoms with Crippen LogP contribution in [0.4, 0.5) is 17.3 Å². The summed E-state index contributed by atoms with van der Waals surface area (Å²) in [6.45, 7) is 6.26. The van der Waals surface area contributed by atoms with E-state index in [4.69, 9.17) is 11.5 Å². The minimum absolute atomic E-state index is 0.226. The number of nitrogen functional groups attached to an aromatic ring is 2. The summed E-state index contributed by atoms with van der Waals surface area (Å²) in [5, 5.41) is 0.812. The third kappa shape index (κ3) is 3.61. The van der Waals surface area contributed by atoms with Gasteiger partial charge in [-0.15, -0.1) is 0 Å². The summed E-state index contributed by atoms with van der Waals surface area (Å²) in [7, 11) is 2.16. The number of anilines is 3. The quantitative estimate of drug-likeness (QED) is 0.484. The molecule has 2 aromatic carbocycles. The zero-order valence-corrected chi connectivity index (χ0v) is 18.4. The smallest absolute Gasteiger partial charge is 0.221 e. The SMILES string of the molecule is Cc1ccncc1-c1ccc(N)c2c(-c3ccc(N4CCN(C)CC4)cc3)nc(N)nc12. The highest BCUT2D eigenvalue weighted by Gasteiger charge is 2.18. The second kappa shape index (κ2) is 8.09. The van der Waals surface area contributed by atoms with Crippen LogP contribution in [0.15, 0.2) is 54.9 Å². The Hall–Kier alpha value is -3.71. The maximum absolute atomic E-state index is 6.44. The van der Waals surface area contributed by atoms with Crippen molar-refractivity contribution in [3.63, 3.8) is 0 Å². The molecule has 0 aliphatic carbocycles. The van der Waals surface area contributed by atoms with Gasteiger partial charge in [-0.1, -0.05) is 18.2 Å². The van der Waals surface area contributed by atoms with Gasteiger partial charge in [-0.05, 0) is 43.8 Å². The number of nitrogens with zero attached hydrogens (tertiary/aromatic N) is 5. The van der Waals surface area contributed by atoms with E-state index < -0.39 is 0 Å². The highest BCUT2D eigenvalue weighted by atomic mass is 15.2. The van der Waals surface area contributed by atoms with Gasteiger partial charge in [-0.3, -0.25) is 4.98 Å². The van der Waals surface area contributed by atoms with Crippen LogP contribution >= 0.6 is 0 Å². The Kier molecular flexibility index (Phi) is 5.11. The summed E-state index contributed by atoms with van der Waals surface area (Å²) < 4.78 is 0. The number of piperazine rings is 1. The normalized spacial score (nSPS) is 14.8. The molecule has 1 saturated heterocycles. The van der Waals surface area contributed by atoms with Crippen LogP contribution in [0.5, 0.6) is 0 Å². The molecule has 0 unspecified atom stereocenters. The summed E-state index contributed by atoms with van der Waals surface area (Å²) >= 11 is 0. The van der Waals surface area contributed by atoms with Crippen molar-refractivity contribution >= 4 is 28.2 Å². The van der Waals surface area contributed by atoms with E-state index in [1.54, 1.807) is 6.20 Å². The van der Waals surface area contributed by atoms with Gasteiger partial charge in [0, 0.05) is 66.6 Å². The largest absolute Gasteiger partial charge is 0.398 e. The fraction of sp³-hybridized carbons (Fsp3) is 0.240. The van der Waals surface area contributed by atoms with Gasteiger partial charge in [0.15, 0.2) is 0 Å². The van der Waals surface area contributed by atoms with Gasteiger partial charge in [-0.25, -0.2) is 9.97 Å². The van der Waals surface area contributed by atoms with E-state index in [9.17, 15) is 0 Å². The van der Waals surface area contributed by atoms with Gasteiger partial charge in [0.2, 0.25) is 5.95 Å². The number of aryl methyl sites for hydroxylation is 1. The predicted octanol–water partition coefficient (Wildman–Crippen LogP) is 3.58. The molecule has 162 valence electrons. The number of hydrogen-bond acceptors (Lipinski definition) is 7. The van der Waals surface area contributed by atoms with Crippen LogP contribution in [-0.2, 0) is 0 Å². The van der Waals surface area contributed by atoms with Crippen LogP contribution < -0.4 is 16.4 Å². The molecule has 0 atom stereocenters. The van der Waals surface area contributed by atoms with Crippen molar-refractivity contribution in [2.75, 3.05) is 49.6 Å². The zero-order valence-electron chi connectivity index (χ0n) is 18.4. The Morgan fingerprint density at radius 1 is 0.844 bits per heavy atom. The molecule has 1 aliphatic rings. The lowest BCUT2D eigenvalue weighted by Crippen LogP contribution is -2.44. The Labute approximate surface area is 187 Å². The molecule has 4 N–H and O–H groups in total. The van der Waals surface area contributed by atoms with Crippen LogP contribution in [0, 0.1) is 6.92 Å². The van der Waals surface area contributed by atoms with Crippen LogP contribution in [0.25, 0.3) is 33.3 Å². The number of hydrogen-bond donors (Lipinski definition) is 2. The standard InChI is InChI=1S/C25H27N7/c1-16-9-10-28-15-20(16)19-7-8-21(26)22-23(29-25(27)30-24(19)22)17-3-5-18(6-4-17)32-13-11-31(2)12-14-32/h3-10,15H,11-14,26H2,1-2H3,(H2,27,29,30). The number of likely N-dealkylation sites (N-methyl/N-ethyl adjacent to an activating group) is 1. The topological polar surface area (TPSA) is 97.2 Å². The third-order valence-corrected chi connectivity index (χ3v) is 6.24. The summed E-state index contributed by atoms with van der Waals surface area (Å²) in [4.78, 5) is 18.2. The number of fused-ring (bicyclic) bond motifs is 1. The monoisotopic (exact) mass is 425 g/mol. The van der Waals surface area contributed by atoms with E-state index in [1.807, 2.05) is 24.4 Å². The molecular formula is C25H27N7. The predicted molar refractivity (Wildman–Crippen MR) is 131 cm³/mol. The van der Waals surface area contributed by atoms with E-state index in [0.717, 1.165) is 65.0 Å². The summed E-state index contributed by atoms with van der Waals surface area (Å²) in [6.07, 6.45) is 3.64. The summed E-state index contributed by atoms with van der Waals surface area (Å²) in [5.41, 5.74) is 20.0. The second-order valence-electron chi connectivity index (χ2n) is 8.38. The molecule has 1 aliphatic heterocycles. The number of nitrogens with two attached hydrogens (primary N) is 2. The first-order chi connectivity index (χ1) is 15.5. The van der Waals surface area contributed by atoms with Gasteiger partial charge in [-0.2, -0.15) is 0 Å². The summed E-state index contributed by atoms with van der Waals surface area (Å²) in [6, 6.07) is 14.4. The third-order valence-electron chi connectivity index (χ3n) is 6.24. The van der Waals surface area contributed by atoms with Gasteiger partial charge < -0.3 is 21.3 Å². The minimum atomic E-state index is 0.226. The molecule has 3 heterocycles. The Morgan fingerprint density at radius 2 is 1.59 bits per heavy atom. The lowest BCUT2D eigenvalue weighted by atomic mass is 9.96. The van der Waals surface area contributed by atoms with E-state index in [-0.39, 0.29) is 5.95 Å². The zero-order chi connectivity index (χ0) is 22.2. The average Bonchev–Trinajstić information content (AvgIpc) is 2.80. The van der Waals surface area contributed by atoms with Crippen molar-refractivity contribution in [1.29, 1.82) is 0 Å². The molecule has 32 heavy (non-hydrogen) atoms.